The number of aliphatic hydroxyl groups is 1. The molecule has 4 rings (SSSR count). The maximum Gasteiger partial charge on any atom is 0.278 e. The van der Waals surface area contributed by atoms with Crippen LogP contribution in [0, 0.1) is 0 Å². The van der Waals surface area contributed by atoms with Gasteiger partial charge in [0, 0.05) is 30.9 Å². The lowest BCUT2D eigenvalue weighted by atomic mass is 10.3. The molecule has 4 N–H and O–H groups in total. The molecule has 1 atom stereocenters. The van der Waals surface area contributed by atoms with Gasteiger partial charge in [0.15, 0.2) is 17.2 Å². The van der Waals surface area contributed by atoms with Gasteiger partial charge in [-0.3, -0.25) is 14.2 Å². The summed E-state index contributed by atoms with van der Waals surface area (Å²) in [6, 6.07) is 13.8. The van der Waals surface area contributed by atoms with Crippen LogP contribution >= 0.6 is 11.6 Å². The van der Waals surface area contributed by atoms with E-state index in [0.717, 1.165) is 5.69 Å². The second kappa shape index (κ2) is 9.72. The summed E-state index contributed by atoms with van der Waals surface area (Å²) in [7, 11) is 1.72. The van der Waals surface area contributed by atoms with Gasteiger partial charge in [0.1, 0.15) is 5.69 Å². The minimum absolute atomic E-state index is 0.0582. The molecule has 0 saturated carbocycles. The Bertz CT molecular complexity index is 1330. The largest absolute Gasteiger partial charge is 0.394 e. The Morgan fingerprint density at radius 1 is 1.18 bits per heavy atom. The molecule has 3 aromatic heterocycles. The highest BCUT2D eigenvalue weighted by atomic mass is 35.5. The molecule has 170 valence electrons. The monoisotopic (exact) mass is 467 g/mol. The van der Waals surface area contributed by atoms with Gasteiger partial charge >= 0.3 is 0 Å². The van der Waals surface area contributed by atoms with E-state index in [1.807, 2.05) is 30.3 Å². The SMILES string of the molecule is CNc1cc(Nc2cccn(-c3ccccc3)c2=O)nn2c(C(=O)NC(CO)CCl)cnc12. The predicted molar refractivity (Wildman–Crippen MR) is 127 cm³/mol. The highest BCUT2D eigenvalue weighted by Gasteiger charge is 2.19. The number of fused-ring (bicyclic) bond motifs is 1. The van der Waals surface area contributed by atoms with Gasteiger partial charge in [-0.1, -0.05) is 18.2 Å². The van der Waals surface area contributed by atoms with Crippen LogP contribution in [0.15, 0.2) is 65.7 Å². The number of benzene rings is 1. The number of halogens is 1. The molecule has 1 amide bonds. The number of pyridine rings is 1. The van der Waals surface area contributed by atoms with E-state index in [1.54, 1.807) is 31.4 Å². The summed E-state index contributed by atoms with van der Waals surface area (Å²) >= 11 is 5.76. The fourth-order valence-electron chi connectivity index (χ4n) is 3.28. The van der Waals surface area contributed by atoms with Crippen molar-refractivity contribution in [2.24, 2.45) is 0 Å². The summed E-state index contributed by atoms with van der Waals surface area (Å²) in [6.45, 7) is -0.296. The first-order valence-corrected chi connectivity index (χ1v) is 10.7. The zero-order chi connectivity index (χ0) is 23.4. The van der Waals surface area contributed by atoms with Crippen molar-refractivity contribution in [1.29, 1.82) is 0 Å². The van der Waals surface area contributed by atoms with Crippen molar-refractivity contribution in [1.82, 2.24) is 24.5 Å². The lowest BCUT2D eigenvalue weighted by molar-refractivity contribution is 0.0916. The van der Waals surface area contributed by atoms with Crippen molar-refractivity contribution in [3.05, 3.63) is 77.0 Å². The van der Waals surface area contributed by atoms with Crippen LogP contribution in [-0.4, -0.2) is 55.8 Å². The number of anilines is 3. The molecule has 1 aromatic carbocycles. The molecule has 10 nitrogen and oxygen atoms in total. The average molecular weight is 468 g/mol. The molecule has 0 aliphatic carbocycles. The third-order valence-electron chi connectivity index (χ3n) is 4.96. The molecule has 1 unspecified atom stereocenters. The predicted octanol–water partition coefficient (Wildman–Crippen LogP) is 1.99. The van der Waals surface area contributed by atoms with Crippen LogP contribution in [0.3, 0.4) is 0 Å². The van der Waals surface area contributed by atoms with E-state index in [4.69, 9.17) is 11.6 Å². The molecule has 0 fully saturated rings. The Morgan fingerprint density at radius 3 is 2.67 bits per heavy atom. The molecule has 4 aromatic rings. The Morgan fingerprint density at radius 2 is 1.97 bits per heavy atom. The van der Waals surface area contributed by atoms with Gasteiger partial charge in [-0.2, -0.15) is 0 Å². The standard InChI is InChI=1S/C22H22ClN7O3/c1-24-17-10-19(27-16-8-5-9-29(22(16)33)15-6-3-2-4-7-15)28-30-18(12-25-20(17)30)21(32)26-14(11-23)13-31/h2-10,12,14,24,31H,11,13H2,1H3,(H,26,32)(H,27,28). The van der Waals surface area contributed by atoms with Crippen molar-refractivity contribution in [3.8, 4) is 5.69 Å². The average Bonchev–Trinajstić information content (AvgIpc) is 3.28. The van der Waals surface area contributed by atoms with Crippen LogP contribution in [0.2, 0.25) is 0 Å². The van der Waals surface area contributed by atoms with Gasteiger partial charge in [-0.05, 0) is 24.3 Å². The van der Waals surface area contributed by atoms with E-state index in [9.17, 15) is 14.7 Å². The van der Waals surface area contributed by atoms with Crippen LogP contribution in [0.4, 0.5) is 17.2 Å². The summed E-state index contributed by atoms with van der Waals surface area (Å²) in [6.07, 6.45) is 3.07. The van der Waals surface area contributed by atoms with Crippen LogP contribution < -0.4 is 21.5 Å². The van der Waals surface area contributed by atoms with Gasteiger partial charge in [0.2, 0.25) is 0 Å². The fourth-order valence-corrected chi connectivity index (χ4v) is 3.45. The molecular formula is C22H22ClN7O3. The first-order chi connectivity index (χ1) is 16.0. The Hall–Kier alpha value is -3.89. The van der Waals surface area contributed by atoms with Gasteiger partial charge in [0.25, 0.3) is 11.5 Å². The van der Waals surface area contributed by atoms with Crippen LogP contribution in [0.25, 0.3) is 11.3 Å². The van der Waals surface area contributed by atoms with E-state index in [-0.39, 0.29) is 23.7 Å². The number of nitrogens with one attached hydrogen (secondary N) is 3. The minimum atomic E-state index is -0.601. The number of rotatable bonds is 8. The smallest absolute Gasteiger partial charge is 0.278 e. The topological polar surface area (TPSA) is 126 Å². The fraction of sp³-hybridized carbons (Fsp3) is 0.182. The highest BCUT2D eigenvalue weighted by Crippen LogP contribution is 2.22. The molecule has 0 bridgehead atoms. The summed E-state index contributed by atoms with van der Waals surface area (Å²) in [5.74, 6) is -0.0965. The maximum atomic E-state index is 13.0. The third-order valence-corrected chi connectivity index (χ3v) is 5.33. The second-order valence-electron chi connectivity index (χ2n) is 7.14. The molecular weight excluding hydrogens is 446 g/mol. The molecule has 11 heteroatoms. The van der Waals surface area contributed by atoms with Gasteiger partial charge in [-0.25, -0.2) is 9.50 Å². The molecule has 33 heavy (non-hydrogen) atoms. The summed E-state index contributed by atoms with van der Waals surface area (Å²) in [5.41, 5.74) is 1.97. The van der Waals surface area contributed by atoms with E-state index in [0.29, 0.717) is 22.8 Å². The number of hydrogen-bond acceptors (Lipinski definition) is 7. The van der Waals surface area contributed by atoms with E-state index in [2.05, 4.69) is 26.0 Å². The third kappa shape index (κ3) is 4.52. The van der Waals surface area contributed by atoms with Crippen molar-refractivity contribution in [3.63, 3.8) is 0 Å². The number of imidazole rings is 1. The van der Waals surface area contributed by atoms with Crippen LogP contribution in [-0.2, 0) is 0 Å². The number of carbonyl (C=O) groups excluding carboxylic acids is 1. The summed E-state index contributed by atoms with van der Waals surface area (Å²) in [4.78, 5) is 30.0. The first kappa shape index (κ1) is 22.3. The van der Waals surface area contributed by atoms with E-state index < -0.39 is 11.9 Å². The summed E-state index contributed by atoms with van der Waals surface area (Å²) < 4.78 is 2.89. The van der Waals surface area contributed by atoms with Crippen molar-refractivity contribution in [2.45, 2.75) is 6.04 Å². The maximum absolute atomic E-state index is 13.0. The van der Waals surface area contributed by atoms with E-state index in [1.165, 1.54) is 15.3 Å². The van der Waals surface area contributed by atoms with Crippen LogP contribution in [0.1, 0.15) is 10.5 Å². The van der Waals surface area contributed by atoms with E-state index >= 15 is 0 Å². The molecule has 0 radical (unpaired) electrons. The van der Waals surface area contributed by atoms with Gasteiger partial charge in [-0.15, -0.1) is 16.7 Å². The first-order valence-electron chi connectivity index (χ1n) is 10.1. The zero-order valence-corrected chi connectivity index (χ0v) is 18.5. The Labute approximate surface area is 193 Å². The molecule has 0 aliphatic rings. The number of carbonyl (C=O) groups is 1. The van der Waals surface area contributed by atoms with Crippen molar-refractivity contribution >= 4 is 40.3 Å². The number of aromatic nitrogens is 4. The number of hydrogen-bond donors (Lipinski definition) is 4. The molecule has 3 heterocycles. The molecule has 0 saturated heterocycles. The lowest BCUT2D eigenvalue weighted by Crippen LogP contribution is -2.39. The normalized spacial score (nSPS) is 11.8. The summed E-state index contributed by atoms with van der Waals surface area (Å²) in [5, 5.41) is 22.5. The second-order valence-corrected chi connectivity index (χ2v) is 7.45. The number of alkyl halides is 1. The van der Waals surface area contributed by atoms with Gasteiger partial charge < -0.3 is 21.1 Å². The van der Waals surface area contributed by atoms with Gasteiger partial charge in [0.05, 0.1) is 24.5 Å². The number of amides is 1. The highest BCUT2D eigenvalue weighted by molar-refractivity contribution is 6.18. The minimum Gasteiger partial charge on any atom is -0.394 e. The lowest BCUT2D eigenvalue weighted by Gasteiger charge is -2.14. The quantitative estimate of drug-likeness (QED) is 0.292. The Balaban J connectivity index is 1.72. The number of aliphatic hydroxyl groups excluding tert-OH is 1. The number of nitrogens with zero attached hydrogens (tertiary/aromatic N) is 4. The molecule has 0 spiro atoms. The van der Waals surface area contributed by atoms with Crippen molar-refractivity contribution in [2.75, 3.05) is 30.2 Å². The van der Waals surface area contributed by atoms with Crippen LogP contribution in [0.5, 0.6) is 0 Å². The van der Waals surface area contributed by atoms with Crippen molar-refractivity contribution < 1.29 is 9.90 Å². The Kier molecular flexibility index (Phi) is 6.57. The zero-order valence-electron chi connectivity index (χ0n) is 17.7. The number of para-hydroxylation sites is 1. The molecule has 0 aliphatic heterocycles.